The van der Waals surface area contributed by atoms with Crippen molar-refractivity contribution in [3.63, 3.8) is 0 Å². The largest absolute Gasteiger partial charge is 0.480 e. The summed E-state index contributed by atoms with van der Waals surface area (Å²) >= 11 is 0. The van der Waals surface area contributed by atoms with Crippen molar-refractivity contribution in [1.82, 2.24) is 15.5 Å². The van der Waals surface area contributed by atoms with E-state index in [2.05, 4.69) is 15.4 Å². The van der Waals surface area contributed by atoms with Crippen LogP contribution in [0.5, 0.6) is 0 Å². The fourth-order valence-corrected chi connectivity index (χ4v) is 2.63. The van der Waals surface area contributed by atoms with E-state index in [4.69, 9.17) is 5.11 Å². The van der Waals surface area contributed by atoms with Crippen LogP contribution in [-0.4, -0.2) is 71.4 Å². The van der Waals surface area contributed by atoms with Gasteiger partial charge in [-0.2, -0.15) is 0 Å². The van der Waals surface area contributed by atoms with Crippen molar-refractivity contribution in [2.45, 2.75) is 57.7 Å². The summed E-state index contributed by atoms with van der Waals surface area (Å²) < 4.78 is 4.42. The summed E-state index contributed by atoms with van der Waals surface area (Å²) in [6.45, 7) is 3.23. The van der Waals surface area contributed by atoms with Crippen LogP contribution in [0.1, 0.15) is 39.5 Å². The van der Waals surface area contributed by atoms with E-state index in [1.54, 1.807) is 0 Å². The van der Waals surface area contributed by atoms with Crippen LogP contribution in [0.25, 0.3) is 0 Å². The molecule has 0 aromatic rings. The minimum atomic E-state index is -1.07. The molecule has 1 saturated heterocycles. The Morgan fingerprint density at radius 1 is 1.12 bits per heavy atom. The molecular weight excluding hydrogens is 346 g/mol. The van der Waals surface area contributed by atoms with Crippen LogP contribution >= 0.6 is 0 Å². The van der Waals surface area contributed by atoms with E-state index in [-0.39, 0.29) is 12.8 Å². The fourth-order valence-electron chi connectivity index (χ4n) is 2.63. The van der Waals surface area contributed by atoms with Crippen molar-refractivity contribution >= 4 is 29.7 Å². The predicted octanol–water partition coefficient (Wildman–Crippen LogP) is -0.975. The third-order valence-electron chi connectivity index (χ3n) is 4.10. The number of methoxy groups -OCH3 is 1. The second-order valence-electron chi connectivity index (χ2n) is 6.12. The van der Waals surface area contributed by atoms with Crippen LogP contribution < -0.4 is 10.6 Å². The number of carbonyl (C=O) groups excluding carboxylic acids is 4. The molecule has 10 nitrogen and oxygen atoms in total. The Morgan fingerprint density at radius 3 is 2.35 bits per heavy atom. The SMILES string of the molecule is COC(=O)CCC(=O)N[C@@H](C)C(=O)N[C@@H](C)C(=O)N1CCC[C@H]1C(=O)O. The van der Waals surface area contributed by atoms with E-state index in [0.29, 0.717) is 19.4 Å². The molecule has 0 spiro atoms. The lowest BCUT2D eigenvalue weighted by Gasteiger charge is -2.26. The van der Waals surface area contributed by atoms with Crippen molar-refractivity contribution in [2.24, 2.45) is 0 Å². The number of esters is 1. The van der Waals surface area contributed by atoms with Gasteiger partial charge in [0, 0.05) is 13.0 Å². The highest BCUT2D eigenvalue weighted by Gasteiger charge is 2.36. The van der Waals surface area contributed by atoms with Crippen molar-refractivity contribution in [3.8, 4) is 0 Å². The molecular formula is C16H25N3O7. The van der Waals surface area contributed by atoms with E-state index < -0.39 is 47.8 Å². The van der Waals surface area contributed by atoms with Crippen LogP contribution in [-0.2, 0) is 28.7 Å². The highest BCUT2D eigenvalue weighted by Crippen LogP contribution is 2.18. The molecule has 0 saturated carbocycles. The van der Waals surface area contributed by atoms with E-state index in [0.717, 1.165) is 0 Å². The molecule has 1 aliphatic rings. The van der Waals surface area contributed by atoms with Crippen molar-refractivity contribution < 1.29 is 33.8 Å². The first-order chi connectivity index (χ1) is 12.2. The maximum atomic E-state index is 12.4. The number of carboxylic acids is 1. The highest BCUT2D eigenvalue weighted by atomic mass is 16.5. The summed E-state index contributed by atoms with van der Waals surface area (Å²) in [5.41, 5.74) is 0. The van der Waals surface area contributed by atoms with Gasteiger partial charge in [0.05, 0.1) is 13.5 Å². The molecule has 26 heavy (non-hydrogen) atoms. The van der Waals surface area contributed by atoms with Gasteiger partial charge < -0.3 is 25.4 Å². The Labute approximate surface area is 151 Å². The van der Waals surface area contributed by atoms with Gasteiger partial charge in [-0.1, -0.05) is 0 Å². The molecule has 146 valence electrons. The Morgan fingerprint density at radius 2 is 1.77 bits per heavy atom. The number of carbonyl (C=O) groups is 5. The molecule has 1 aliphatic heterocycles. The molecule has 0 aromatic carbocycles. The minimum absolute atomic E-state index is 0.100. The van der Waals surface area contributed by atoms with Gasteiger partial charge in [0.15, 0.2) is 0 Å². The number of rotatable bonds is 8. The standard InChI is InChI=1S/C16H25N3O7/c1-9(17-12(20)6-7-13(21)26-3)14(22)18-10(2)15(23)19-8-4-5-11(19)16(24)25/h9-11H,4-8H2,1-3H3,(H,17,20)(H,18,22)(H,24,25)/t9-,10-,11-/m0/s1. The average Bonchev–Trinajstić information content (AvgIpc) is 3.08. The molecule has 3 atom stereocenters. The van der Waals surface area contributed by atoms with Gasteiger partial charge in [-0.3, -0.25) is 19.2 Å². The van der Waals surface area contributed by atoms with Gasteiger partial charge in [-0.05, 0) is 26.7 Å². The number of nitrogens with zero attached hydrogens (tertiary/aromatic N) is 1. The molecule has 0 radical (unpaired) electrons. The Kier molecular flexibility index (Phi) is 8.01. The quantitative estimate of drug-likeness (QED) is 0.466. The smallest absolute Gasteiger partial charge is 0.326 e. The average molecular weight is 371 g/mol. The lowest BCUT2D eigenvalue weighted by molar-refractivity contribution is -0.149. The van der Waals surface area contributed by atoms with Gasteiger partial charge >= 0.3 is 11.9 Å². The molecule has 10 heteroatoms. The monoisotopic (exact) mass is 371 g/mol. The van der Waals surface area contributed by atoms with Gasteiger partial charge in [0.2, 0.25) is 17.7 Å². The molecule has 0 unspecified atom stereocenters. The van der Waals surface area contributed by atoms with Crippen LogP contribution in [0.2, 0.25) is 0 Å². The Balaban J connectivity index is 2.49. The molecule has 1 heterocycles. The number of carboxylic acid groups (broad SMARTS) is 1. The lowest BCUT2D eigenvalue weighted by atomic mass is 10.2. The number of hydrogen-bond acceptors (Lipinski definition) is 6. The highest BCUT2D eigenvalue weighted by molar-refractivity contribution is 5.93. The normalized spacial score (nSPS) is 18.6. The maximum absolute atomic E-state index is 12.4. The van der Waals surface area contributed by atoms with Crippen LogP contribution in [0.15, 0.2) is 0 Å². The van der Waals surface area contributed by atoms with Crippen molar-refractivity contribution in [2.75, 3.05) is 13.7 Å². The molecule has 0 aromatic heterocycles. The van der Waals surface area contributed by atoms with Crippen molar-refractivity contribution in [3.05, 3.63) is 0 Å². The second kappa shape index (κ2) is 9.73. The van der Waals surface area contributed by atoms with Gasteiger partial charge in [0.1, 0.15) is 18.1 Å². The van der Waals surface area contributed by atoms with E-state index in [9.17, 15) is 24.0 Å². The van der Waals surface area contributed by atoms with Crippen LogP contribution in [0.3, 0.4) is 0 Å². The molecule has 1 fully saturated rings. The van der Waals surface area contributed by atoms with E-state index >= 15 is 0 Å². The van der Waals surface area contributed by atoms with Crippen LogP contribution in [0.4, 0.5) is 0 Å². The second-order valence-corrected chi connectivity index (χ2v) is 6.12. The van der Waals surface area contributed by atoms with E-state index in [1.807, 2.05) is 0 Å². The topological polar surface area (TPSA) is 142 Å². The fraction of sp³-hybridized carbons (Fsp3) is 0.688. The van der Waals surface area contributed by atoms with Gasteiger partial charge in [-0.15, -0.1) is 0 Å². The zero-order valence-electron chi connectivity index (χ0n) is 15.1. The molecule has 0 aliphatic carbocycles. The molecule has 3 N–H and O–H groups in total. The summed E-state index contributed by atoms with van der Waals surface area (Å²) in [5, 5.41) is 14.0. The number of hydrogen-bond donors (Lipinski definition) is 3. The molecule has 0 bridgehead atoms. The van der Waals surface area contributed by atoms with Crippen molar-refractivity contribution in [1.29, 1.82) is 0 Å². The third-order valence-corrected chi connectivity index (χ3v) is 4.10. The number of amides is 3. The Bertz CT molecular complexity index is 578. The number of likely N-dealkylation sites (tertiary alicyclic amines) is 1. The molecule has 1 rings (SSSR count). The summed E-state index contributed by atoms with van der Waals surface area (Å²) in [6, 6.07) is -2.71. The first kappa shape index (κ1) is 21.4. The first-order valence-electron chi connectivity index (χ1n) is 8.37. The summed E-state index contributed by atoms with van der Waals surface area (Å²) in [7, 11) is 1.21. The maximum Gasteiger partial charge on any atom is 0.326 e. The molecule has 3 amide bonds. The van der Waals surface area contributed by atoms with Crippen LogP contribution in [0, 0.1) is 0 Å². The summed E-state index contributed by atoms with van der Waals surface area (Å²) in [4.78, 5) is 59.6. The number of ether oxygens (including phenoxy) is 1. The van der Waals surface area contributed by atoms with Gasteiger partial charge in [0.25, 0.3) is 0 Å². The first-order valence-corrected chi connectivity index (χ1v) is 8.37. The number of nitrogens with one attached hydrogen (secondary N) is 2. The predicted molar refractivity (Wildman–Crippen MR) is 88.8 cm³/mol. The number of aliphatic carboxylic acids is 1. The van der Waals surface area contributed by atoms with Gasteiger partial charge in [-0.25, -0.2) is 4.79 Å². The Hall–Kier alpha value is -2.65. The lowest BCUT2D eigenvalue weighted by Crippen LogP contribution is -2.54. The summed E-state index contributed by atoms with van der Waals surface area (Å²) in [5.74, 6) is -3.16. The third kappa shape index (κ3) is 6.01. The van der Waals surface area contributed by atoms with E-state index in [1.165, 1.54) is 25.9 Å². The summed E-state index contributed by atoms with van der Waals surface area (Å²) in [6.07, 6.45) is 0.758. The zero-order valence-corrected chi connectivity index (χ0v) is 15.1. The minimum Gasteiger partial charge on any atom is -0.480 e. The zero-order chi connectivity index (χ0) is 19.9.